The molecular weight excluding hydrogens is 209 g/mol. The van der Waals surface area contributed by atoms with Crippen LogP contribution in [0.5, 0.6) is 0 Å². The van der Waals surface area contributed by atoms with Crippen LogP contribution in [-0.2, 0) is 4.79 Å². The maximum atomic E-state index is 11.7. The molecule has 0 aliphatic heterocycles. The Labute approximate surface area is 86.2 Å². The molecule has 1 fully saturated rings. The molecule has 0 spiro atoms. The summed E-state index contributed by atoms with van der Waals surface area (Å²) in [7, 11) is 0. The van der Waals surface area contributed by atoms with Crippen molar-refractivity contribution in [2.24, 2.45) is 11.7 Å². The third-order valence-electron chi connectivity index (χ3n) is 2.40. The lowest BCUT2D eigenvalue weighted by Crippen LogP contribution is -2.38. The molecule has 0 aromatic carbocycles. The molecule has 0 heterocycles. The van der Waals surface area contributed by atoms with E-state index in [0.29, 0.717) is 5.92 Å². The van der Waals surface area contributed by atoms with Crippen molar-refractivity contribution in [2.75, 3.05) is 6.54 Å². The third-order valence-corrected chi connectivity index (χ3v) is 2.40. The summed E-state index contributed by atoms with van der Waals surface area (Å²) in [6, 6.07) is -0.111. The fourth-order valence-corrected chi connectivity index (χ4v) is 1.27. The topological polar surface area (TPSA) is 55.1 Å². The Morgan fingerprint density at radius 2 is 2.07 bits per heavy atom. The van der Waals surface area contributed by atoms with Crippen LogP contribution in [0.3, 0.4) is 0 Å². The van der Waals surface area contributed by atoms with Crippen molar-refractivity contribution in [3.63, 3.8) is 0 Å². The summed E-state index contributed by atoms with van der Waals surface area (Å²) in [5, 5.41) is 2.41. The summed E-state index contributed by atoms with van der Waals surface area (Å²) in [6.07, 6.45) is -3.74. The monoisotopic (exact) mass is 224 g/mol. The molecule has 1 rings (SSSR count). The van der Waals surface area contributed by atoms with Crippen LogP contribution in [0.4, 0.5) is 13.2 Å². The van der Waals surface area contributed by atoms with Crippen LogP contribution < -0.4 is 11.1 Å². The van der Waals surface area contributed by atoms with Gasteiger partial charge in [0.25, 0.3) is 0 Å². The Kier molecular flexibility index (Phi) is 3.96. The van der Waals surface area contributed by atoms with Gasteiger partial charge < -0.3 is 11.1 Å². The van der Waals surface area contributed by atoms with Gasteiger partial charge in [-0.15, -0.1) is 0 Å². The highest BCUT2D eigenvalue weighted by Crippen LogP contribution is 2.31. The van der Waals surface area contributed by atoms with Crippen LogP contribution in [0.15, 0.2) is 0 Å². The van der Waals surface area contributed by atoms with Crippen molar-refractivity contribution in [3.8, 4) is 0 Å². The van der Waals surface area contributed by atoms with E-state index in [0.717, 1.165) is 12.8 Å². The molecule has 1 saturated carbocycles. The fourth-order valence-electron chi connectivity index (χ4n) is 1.27. The van der Waals surface area contributed by atoms with Crippen molar-refractivity contribution in [1.29, 1.82) is 0 Å². The van der Waals surface area contributed by atoms with Crippen LogP contribution in [0.2, 0.25) is 0 Å². The number of nitrogens with one attached hydrogen (secondary N) is 1. The first-order valence-corrected chi connectivity index (χ1v) is 4.97. The van der Waals surface area contributed by atoms with Gasteiger partial charge in [0.1, 0.15) is 0 Å². The van der Waals surface area contributed by atoms with Crippen molar-refractivity contribution in [2.45, 2.75) is 37.9 Å². The number of nitrogens with two attached hydrogens (primary N) is 1. The minimum Gasteiger partial charge on any atom is -0.355 e. The zero-order valence-electron chi connectivity index (χ0n) is 8.31. The largest absolute Gasteiger partial charge is 0.389 e. The van der Waals surface area contributed by atoms with Crippen molar-refractivity contribution in [1.82, 2.24) is 5.32 Å². The molecule has 1 aliphatic carbocycles. The molecule has 3 N–H and O–H groups in total. The summed E-state index contributed by atoms with van der Waals surface area (Å²) in [6.45, 7) is 0.279. The van der Waals surface area contributed by atoms with Gasteiger partial charge in [0, 0.05) is 19.0 Å². The predicted octanol–water partition coefficient (Wildman–Crippen LogP) is 1.18. The number of rotatable bonds is 5. The fraction of sp³-hybridized carbons (Fsp3) is 0.889. The Hall–Kier alpha value is -0.780. The summed E-state index contributed by atoms with van der Waals surface area (Å²) in [5.74, 6) is -0.142. The summed E-state index contributed by atoms with van der Waals surface area (Å²) in [5.41, 5.74) is 5.67. The summed E-state index contributed by atoms with van der Waals surface area (Å²) >= 11 is 0. The molecule has 0 radical (unpaired) electrons. The van der Waals surface area contributed by atoms with Gasteiger partial charge in [0.2, 0.25) is 5.91 Å². The maximum absolute atomic E-state index is 11.7. The molecule has 0 bridgehead atoms. The number of amides is 1. The van der Waals surface area contributed by atoms with E-state index in [4.69, 9.17) is 5.73 Å². The minimum atomic E-state index is -4.27. The highest BCUT2D eigenvalue weighted by molar-refractivity contribution is 5.75. The Morgan fingerprint density at radius 1 is 1.47 bits per heavy atom. The quantitative estimate of drug-likeness (QED) is 0.736. The molecule has 0 saturated heterocycles. The van der Waals surface area contributed by atoms with Crippen molar-refractivity contribution < 1.29 is 18.0 Å². The molecule has 0 aromatic rings. The Balaban J connectivity index is 2.07. The van der Waals surface area contributed by atoms with Gasteiger partial charge >= 0.3 is 6.18 Å². The van der Waals surface area contributed by atoms with Gasteiger partial charge in [-0.3, -0.25) is 4.79 Å². The van der Waals surface area contributed by atoms with E-state index in [1.165, 1.54) is 0 Å². The van der Waals surface area contributed by atoms with Crippen molar-refractivity contribution in [3.05, 3.63) is 0 Å². The normalized spacial score (nSPS) is 18.7. The molecule has 1 unspecified atom stereocenters. The Bertz CT molecular complexity index is 226. The van der Waals surface area contributed by atoms with Crippen LogP contribution in [0.25, 0.3) is 0 Å². The zero-order chi connectivity index (χ0) is 11.5. The van der Waals surface area contributed by atoms with E-state index in [1.54, 1.807) is 0 Å². The van der Waals surface area contributed by atoms with E-state index >= 15 is 0 Å². The highest BCUT2D eigenvalue weighted by atomic mass is 19.4. The summed E-state index contributed by atoms with van der Waals surface area (Å²) in [4.78, 5) is 11.0. The van der Waals surface area contributed by atoms with Gasteiger partial charge in [0.05, 0.1) is 6.42 Å². The lowest BCUT2D eigenvalue weighted by Gasteiger charge is -2.12. The first kappa shape index (κ1) is 12.3. The molecule has 1 aliphatic rings. The third kappa shape index (κ3) is 5.61. The second kappa shape index (κ2) is 4.83. The van der Waals surface area contributed by atoms with Crippen LogP contribution >= 0.6 is 0 Å². The summed E-state index contributed by atoms with van der Waals surface area (Å²) < 4.78 is 35.2. The minimum absolute atomic E-state index is 0.111. The number of hydrogen-bond acceptors (Lipinski definition) is 2. The number of alkyl halides is 3. The molecule has 1 amide bonds. The van der Waals surface area contributed by atoms with E-state index in [2.05, 4.69) is 5.32 Å². The first-order valence-electron chi connectivity index (χ1n) is 4.97. The van der Waals surface area contributed by atoms with Gasteiger partial charge in [-0.25, -0.2) is 0 Å². The number of halogens is 3. The maximum Gasteiger partial charge on any atom is 0.389 e. The Morgan fingerprint density at radius 3 is 2.53 bits per heavy atom. The molecule has 6 heteroatoms. The number of carbonyl (C=O) groups excluding carboxylic acids is 1. The molecule has 88 valence electrons. The van der Waals surface area contributed by atoms with Crippen LogP contribution in [-0.4, -0.2) is 24.7 Å². The average Bonchev–Trinajstić information content (AvgIpc) is 2.92. The predicted molar refractivity (Wildman–Crippen MR) is 49.0 cm³/mol. The average molecular weight is 224 g/mol. The molecule has 0 aromatic heterocycles. The number of hydrogen-bond donors (Lipinski definition) is 2. The van der Waals surface area contributed by atoms with E-state index in [-0.39, 0.29) is 12.6 Å². The SMILES string of the molecule is NC(CNC(=O)CCC(F)(F)F)C1CC1. The van der Waals surface area contributed by atoms with Gasteiger partial charge in [-0.05, 0) is 18.8 Å². The van der Waals surface area contributed by atoms with E-state index in [9.17, 15) is 18.0 Å². The number of carbonyl (C=O) groups is 1. The smallest absolute Gasteiger partial charge is 0.355 e. The zero-order valence-corrected chi connectivity index (χ0v) is 8.31. The highest BCUT2D eigenvalue weighted by Gasteiger charge is 2.30. The lowest BCUT2D eigenvalue weighted by atomic mass is 10.2. The molecule has 3 nitrogen and oxygen atoms in total. The second-order valence-corrected chi connectivity index (χ2v) is 3.92. The van der Waals surface area contributed by atoms with Gasteiger partial charge in [0.15, 0.2) is 0 Å². The van der Waals surface area contributed by atoms with E-state index in [1.807, 2.05) is 0 Å². The second-order valence-electron chi connectivity index (χ2n) is 3.92. The lowest BCUT2D eigenvalue weighted by molar-refractivity contribution is -0.144. The van der Waals surface area contributed by atoms with Gasteiger partial charge in [-0.2, -0.15) is 13.2 Å². The van der Waals surface area contributed by atoms with Crippen LogP contribution in [0, 0.1) is 5.92 Å². The molecule has 1 atom stereocenters. The first-order chi connectivity index (χ1) is 6.88. The molecular formula is C9H15F3N2O. The van der Waals surface area contributed by atoms with E-state index < -0.39 is 24.9 Å². The van der Waals surface area contributed by atoms with Crippen LogP contribution in [0.1, 0.15) is 25.7 Å². The standard InChI is InChI=1S/C9H15F3N2O/c10-9(11,12)4-3-8(15)14-5-7(13)6-1-2-6/h6-7H,1-5,13H2,(H,14,15). The van der Waals surface area contributed by atoms with Crippen molar-refractivity contribution >= 4 is 5.91 Å². The van der Waals surface area contributed by atoms with Gasteiger partial charge in [-0.1, -0.05) is 0 Å². The molecule has 15 heavy (non-hydrogen) atoms.